The number of amides is 1. The molecule has 5 heteroatoms. The molecule has 0 atom stereocenters. The molecule has 0 saturated carbocycles. The smallest absolute Gasteiger partial charge is 0.255 e. The van der Waals surface area contributed by atoms with Gasteiger partial charge in [0.15, 0.2) is 0 Å². The van der Waals surface area contributed by atoms with Crippen LogP contribution < -0.4 is 10.1 Å². The predicted molar refractivity (Wildman–Crippen MR) is 97.0 cm³/mol. The molecule has 0 aliphatic carbocycles. The van der Waals surface area contributed by atoms with Crippen LogP contribution in [0.15, 0.2) is 46.9 Å². The fourth-order valence-electron chi connectivity index (χ4n) is 1.71. The Morgan fingerprint density at radius 3 is 2.57 bits per heavy atom. The average Bonchev–Trinajstić information content (AvgIpc) is 2.48. The summed E-state index contributed by atoms with van der Waals surface area (Å²) in [5, 5.41) is 2.91. The van der Waals surface area contributed by atoms with Gasteiger partial charge in [0.2, 0.25) is 0 Å². The summed E-state index contributed by atoms with van der Waals surface area (Å²) in [5.41, 5.74) is 1.41. The maximum absolute atomic E-state index is 12.2. The van der Waals surface area contributed by atoms with Gasteiger partial charge < -0.3 is 10.1 Å². The molecule has 0 bridgehead atoms. The minimum atomic E-state index is -0.128. The Hall–Kier alpha value is -1.08. The normalized spacial score (nSPS) is 10.2. The summed E-state index contributed by atoms with van der Waals surface area (Å²) in [6.07, 6.45) is 0.963. The summed E-state index contributed by atoms with van der Waals surface area (Å²) in [7, 11) is 0. The van der Waals surface area contributed by atoms with E-state index < -0.39 is 0 Å². The van der Waals surface area contributed by atoms with Crippen LogP contribution in [0.2, 0.25) is 0 Å². The number of halogens is 2. The third-order valence-electron chi connectivity index (χ3n) is 2.77. The van der Waals surface area contributed by atoms with Crippen LogP contribution in [0, 0.1) is 3.57 Å². The number of carbonyl (C=O) groups is 1. The monoisotopic (exact) mass is 459 g/mol. The highest BCUT2D eigenvalue weighted by molar-refractivity contribution is 14.1. The van der Waals surface area contributed by atoms with Gasteiger partial charge in [-0.3, -0.25) is 4.79 Å². The molecule has 0 aromatic heterocycles. The molecule has 0 aliphatic rings. The summed E-state index contributed by atoms with van der Waals surface area (Å²) in [4.78, 5) is 12.2. The lowest BCUT2D eigenvalue weighted by Gasteiger charge is -2.09. The second kappa shape index (κ2) is 7.79. The minimum absolute atomic E-state index is 0.128. The minimum Gasteiger partial charge on any atom is -0.494 e. The summed E-state index contributed by atoms with van der Waals surface area (Å²) in [5.74, 6) is 0.656. The van der Waals surface area contributed by atoms with Crippen molar-refractivity contribution in [1.82, 2.24) is 0 Å². The molecule has 2 aromatic rings. The molecule has 21 heavy (non-hydrogen) atoms. The topological polar surface area (TPSA) is 38.3 Å². The van der Waals surface area contributed by atoms with Crippen LogP contribution in [0.25, 0.3) is 0 Å². The van der Waals surface area contributed by atoms with E-state index in [2.05, 4.69) is 50.8 Å². The number of rotatable bonds is 5. The predicted octanol–water partition coefficient (Wildman–Crippen LogP) is 5.09. The van der Waals surface area contributed by atoms with Crippen LogP contribution in [-0.2, 0) is 0 Å². The number of nitrogens with one attached hydrogen (secondary N) is 1. The lowest BCUT2D eigenvalue weighted by atomic mass is 10.2. The van der Waals surface area contributed by atoms with Crippen molar-refractivity contribution < 1.29 is 9.53 Å². The van der Waals surface area contributed by atoms with E-state index in [0.717, 1.165) is 25.9 Å². The van der Waals surface area contributed by atoms with E-state index >= 15 is 0 Å². The van der Waals surface area contributed by atoms with Gasteiger partial charge in [0.25, 0.3) is 5.91 Å². The Bertz CT molecular complexity index is 629. The Morgan fingerprint density at radius 1 is 1.24 bits per heavy atom. The van der Waals surface area contributed by atoms with E-state index in [9.17, 15) is 4.79 Å². The number of benzene rings is 2. The van der Waals surface area contributed by atoms with Crippen molar-refractivity contribution in [3.8, 4) is 5.75 Å². The van der Waals surface area contributed by atoms with Crippen molar-refractivity contribution in [2.45, 2.75) is 13.3 Å². The zero-order valence-electron chi connectivity index (χ0n) is 11.5. The van der Waals surface area contributed by atoms with Crippen LogP contribution in [0.4, 0.5) is 5.69 Å². The maximum Gasteiger partial charge on any atom is 0.255 e. The largest absolute Gasteiger partial charge is 0.494 e. The van der Waals surface area contributed by atoms with E-state index in [1.165, 1.54) is 0 Å². The van der Waals surface area contributed by atoms with Crippen LogP contribution in [0.3, 0.4) is 0 Å². The van der Waals surface area contributed by atoms with Gasteiger partial charge in [0.05, 0.1) is 12.3 Å². The average molecular weight is 460 g/mol. The van der Waals surface area contributed by atoms with Crippen molar-refractivity contribution in [1.29, 1.82) is 0 Å². The molecule has 3 nitrogen and oxygen atoms in total. The van der Waals surface area contributed by atoms with Gasteiger partial charge in [-0.15, -0.1) is 0 Å². The van der Waals surface area contributed by atoms with Gasteiger partial charge in [-0.05, 0) is 71.5 Å². The summed E-state index contributed by atoms with van der Waals surface area (Å²) >= 11 is 5.60. The fourth-order valence-corrected chi connectivity index (χ4v) is 3.15. The van der Waals surface area contributed by atoms with Crippen molar-refractivity contribution in [3.63, 3.8) is 0 Å². The van der Waals surface area contributed by atoms with E-state index in [4.69, 9.17) is 4.74 Å². The molecule has 1 amide bonds. The lowest BCUT2D eigenvalue weighted by Crippen LogP contribution is -2.12. The molecule has 0 spiro atoms. The Labute approximate surface area is 146 Å². The molecule has 1 N–H and O–H groups in total. The number of anilines is 1. The molecular formula is C16H15BrINO2. The molecule has 0 aliphatic heterocycles. The quantitative estimate of drug-likeness (QED) is 0.632. The van der Waals surface area contributed by atoms with Crippen LogP contribution in [0.1, 0.15) is 23.7 Å². The molecule has 0 unspecified atom stereocenters. The summed E-state index contributed by atoms with van der Waals surface area (Å²) in [6, 6.07) is 12.9. The molecule has 2 aromatic carbocycles. The molecule has 2 rings (SSSR count). The van der Waals surface area contributed by atoms with E-state index in [0.29, 0.717) is 12.2 Å². The molecule has 0 radical (unpaired) electrons. The van der Waals surface area contributed by atoms with Gasteiger partial charge in [0, 0.05) is 13.6 Å². The lowest BCUT2D eigenvalue weighted by molar-refractivity contribution is 0.102. The van der Waals surface area contributed by atoms with Crippen LogP contribution in [-0.4, -0.2) is 12.5 Å². The SMILES string of the molecule is CCCOc1ccc(C(=O)Nc2ccc(Br)cc2I)cc1. The Balaban J connectivity index is 2.06. The second-order valence-corrected chi connectivity index (χ2v) is 6.53. The molecule has 0 fully saturated rings. The first-order valence-electron chi connectivity index (χ1n) is 6.59. The Morgan fingerprint density at radius 2 is 1.95 bits per heavy atom. The highest BCUT2D eigenvalue weighted by Gasteiger charge is 2.08. The number of hydrogen-bond donors (Lipinski definition) is 1. The summed E-state index contributed by atoms with van der Waals surface area (Å²) < 4.78 is 7.48. The molecule has 0 heterocycles. The number of ether oxygens (including phenoxy) is 1. The van der Waals surface area contributed by atoms with Crippen molar-refractivity contribution in [2.75, 3.05) is 11.9 Å². The highest BCUT2D eigenvalue weighted by atomic mass is 127. The molecular weight excluding hydrogens is 445 g/mol. The number of carbonyl (C=O) groups excluding carboxylic acids is 1. The third kappa shape index (κ3) is 4.71. The van der Waals surface area contributed by atoms with E-state index in [1.54, 1.807) is 12.1 Å². The first kappa shape index (κ1) is 16.3. The fraction of sp³-hybridized carbons (Fsp3) is 0.188. The first-order chi connectivity index (χ1) is 10.1. The van der Waals surface area contributed by atoms with Gasteiger partial charge in [-0.1, -0.05) is 22.9 Å². The first-order valence-corrected chi connectivity index (χ1v) is 8.46. The third-order valence-corrected chi connectivity index (χ3v) is 4.15. The second-order valence-electron chi connectivity index (χ2n) is 4.45. The van der Waals surface area contributed by atoms with Crippen LogP contribution >= 0.6 is 38.5 Å². The summed E-state index contributed by atoms with van der Waals surface area (Å²) in [6.45, 7) is 2.74. The van der Waals surface area contributed by atoms with Crippen molar-refractivity contribution in [2.24, 2.45) is 0 Å². The standard InChI is InChI=1S/C16H15BrINO2/c1-2-9-21-13-6-3-11(4-7-13)16(20)19-15-8-5-12(17)10-14(15)18/h3-8,10H,2,9H2,1H3,(H,19,20). The zero-order valence-corrected chi connectivity index (χ0v) is 15.3. The van der Waals surface area contributed by atoms with Crippen molar-refractivity contribution in [3.05, 3.63) is 56.1 Å². The highest BCUT2D eigenvalue weighted by Crippen LogP contribution is 2.23. The van der Waals surface area contributed by atoms with Gasteiger partial charge in [-0.25, -0.2) is 0 Å². The van der Waals surface area contributed by atoms with E-state index in [-0.39, 0.29) is 5.91 Å². The Kier molecular flexibility index (Phi) is 6.05. The van der Waals surface area contributed by atoms with Gasteiger partial charge in [-0.2, -0.15) is 0 Å². The number of hydrogen-bond acceptors (Lipinski definition) is 2. The van der Waals surface area contributed by atoms with Gasteiger partial charge >= 0.3 is 0 Å². The van der Waals surface area contributed by atoms with Crippen LogP contribution in [0.5, 0.6) is 5.75 Å². The van der Waals surface area contributed by atoms with E-state index in [1.807, 2.05) is 30.3 Å². The molecule has 110 valence electrons. The molecule has 0 saturated heterocycles. The van der Waals surface area contributed by atoms with Gasteiger partial charge in [0.1, 0.15) is 5.75 Å². The zero-order chi connectivity index (χ0) is 15.2. The van der Waals surface area contributed by atoms with Crippen molar-refractivity contribution >= 4 is 50.1 Å². The maximum atomic E-state index is 12.2.